The minimum absolute atomic E-state index is 0. The molecule has 0 saturated carbocycles. The molecule has 1 saturated heterocycles. The maximum atomic E-state index is 12.3. The van der Waals surface area contributed by atoms with Gasteiger partial charge in [-0.2, -0.15) is 11.8 Å². The van der Waals surface area contributed by atoms with Crippen molar-refractivity contribution in [1.82, 2.24) is 14.9 Å². The van der Waals surface area contributed by atoms with Crippen LogP contribution in [-0.2, 0) is 17.8 Å². The van der Waals surface area contributed by atoms with Gasteiger partial charge in [-0.3, -0.25) is 4.79 Å². The van der Waals surface area contributed by atoms with E-state index in [1.165, 1.54) is 30.6 Å². The number of carbonyl (C=O) groups excluding carboxylic acids is 1. The average molecular weight is 417 g/mol. The summed E-state index contributed by atoms with van der Waals surface area (Å²) in [5.41, 5.74) is 3.04. The molecular formula is C18H26Cl2N4OS. The molecule has 2 aliphatic rings. The molecule has 2 N–H and O–H groups in total. The number of nitrogens with one attached hydrogen (secondary N) is 2. The smallest absolute Gasteiger partial charge is 0.225 e. The van der Waals surface area contributed by atoms with Crippen LogP contribution in [0.4, 0.5) is 5.69 Å². The van der Waals surface area contributed by atoms with Crippen LogP contribution in [0.25, 0.3) is 11.0 Å². The standard InChI is InChI=1S/C18H24N4OS.2ClH/c23-18(11-14-12-24-9-7-19-14)20-13-5-6-16-15(10-13)21-17-4-2-1-3-8-22(16)17;;/h5-6,10,14,19H,1-4,7-9,11-12H2,(H,20,23);2*1H. The van der Waals surface area contributed by atoms with E-state index in [1.807, 2.05) is 23.9 Å². The monoisotopic (exact) mass is 416 g/mol. The van der Waals surface area contributed by atoms with Gasteiger partial charge in [-0.1, -0.05) is 6.42 Å². The third-order valence-corrected chi connectivity index (χ3v) is 5.95. The molecule has 2 aliphatic heterocycles. The highest BCUT2D eigenvalue weighted by Gasteiger charge is 2.18. The van der Waals surface area contributed by atoms with E-state index in [-0.39, 0.29) is 36.8 Å². The van der Waals surface area contributed by atoms with Crippen molar-refractivity contribution in [2.45, 2.75) is 44.7 Å². The number of hydrogen-bond donors (Lipinski definition) is 2. The van der Waals surface area contributed by atoms with Crippen LogP contribution in [0.1, 0.15) is 31.5 Å². The van der Waals surface area contributed by atoms with E-state index in [0.717, 1.165) is 42.2 Å². The van der Waals surface area contributed by atoms with Gasteiger partial charge < -0.3 is 15.2 Å². The molecule has 1 aromatic heterocycles. The fraction of sp³-hybridized carbons (Fsp3) is 0.556. The predicted octanol–water partition coefficient (Wildman–Crippen LogP) is 3.64. The van der Waals surface area contributed by atoms with Crippen molar-refractivity contribution >= 4 is 59.2 Å². The second kappa shape index (κ2) is 9.83. The summed E-state index contributed by atoms with van der Waals surface area (Å²) < 4.78 is 2.34. The molecule has 5 nitrogen and oxygen atoms in total. The van der Waals surface area contributed by atoms with Crippen LogP contribution in [0, 0.1) is 0 Å². The fourth-order valence-corrected chi connectivity index (χ4v) is 4.56. The van der Waals surface area contributed by atoms with Gasteiger partial charge in [0.05, 0.1) is 11.0 Å². The number of hydrogen-bond acceptors (Lipinski definition) is 4. The molecule has 4 rings (SSSR count). The lowest BCUT2D eigenvalue weighted by Gasteiger charge is -2.22. The van der Waals surface area contributed by atoms with Crippen molar-refractivity contribution < 1.29 is 4.79 Å². The van der Waals surface area contributed by atoms with Gasteiger partial charge in [0.2, 0.25) is 5.91 Å². The molecule has 1 amide bonds. The number of halogens is 2. The Kier molecular flexibility index (Phi) is 8.07. The van der Waals surface area contributed by atoms with Crippen molar-refractivity contribution in [3.8, 4) is 0 Å². The fourth-order valence-electron chi connectivity index (χ4n) is 3.61. The maximum Gasteiger partial charge on any atom is 0.225 e. The number of fused-ring (bicyclic) bond motifs is 3. The zero-order valence-electron chi connectivity index (χ0n) is 14.7. The van der Waals surface area contributed by atoms with E-state index in [9.17, 15) is 4.79 Å². The lowest BCUT2D eigenvalue weighted by Crippen LogP contribution is -2.39. The number of anilines is 1. The molecule has 1 unspecified atom stereocenters. The Hall–Kier alpha value is -0.950. The average Bonchev–Trinajstić information content (AvgIpc) is 2.76. The Morgan fingerprint density at radius 2 is 2.19 bits per heavy atom. The highest BCUT2D eigenvalue weighted by molar-refractivity contribution is 7.99. The summed E-state index contributed by atoms with van der Waals surface area (Å²) in [5.74, 6) is 3.42. The summed E-state index contributed by atoms with van der Waals surface area (Å²) in [5, 5.41) is 6.44. The lowest BCUT2D eigenvalue weighted by atomic mass is 10.2. The normalized spacial score (nSPS) is 19.6. The third kappa shape index (κ3) is 4.85. The van der Waals surface area contributed by atoms with Crippen LogP contribution in [-0.4, -0.2) is 39.6 Å². The van der Waals surface area contributed by atoms with Crippen molar-refractivity contribution in [1.29, 1.82) is 0 Å². The zero-order chi connectivity index (χ0) is 16.4. The molecule has 26 heavy (non-hydrogen) atoms. The van der Waals surface area contributed by atoms with Gasteiger partial charge in [0.1, 0.15) is 5.82 Å². The van der Waals surface area contributed by atoms with E-state index in [4.69, 9.17) is 4.98 Å². The number of amides is 1. The summed E-state index contributed by atoms with van der Waals surface area (Å²) in [4.78, 5) is 17.1. The highest BCUT2D eigenvalue weighted by Crippen LogP contribution is 2.24. The molecule has 0 radical (unpaired) electrons. The van der Waals surface area contributed by atoms with Gasteiger partial charge in [-0.15, -0.1) is 24.8 Å². The minimum atomic E-state index is 0. The Morgan fingerprint density at radius 3 is 3.00 bits per heavy atom. The summed E-state index contributed by atoms with van der Waals surface area (Å²) >= 11 is 1.91. The lowest BCUT2D eigenvalue weighted by molar-refractivity contribution is -0.116. The summed E-state index contributed by atoms with van der Waals surface area (Å²) in [6.07, 6.45) is 5.32. The minimum Gasteiger partial charge on any atom is -0.328 e. The molecule has 1 atom stereocenters. The van der Waals surface area contributed by atoms with Crippen LogP contribution in [0.15, 0.2) is 18.2 Å². The number of carbonyl (C=O) groups is 1. The first-order chi connectivity index (χ1) is 11.8. The molecule has 144 valence electrons. The Bertz CT molecular complexity index is 746. The molecular weight excluding hydrogens is 391 g/mol. The Balaban J connectivity index is 0.00000121. The molecule has 8 heteroatoms. The second-order valence-corrected chi connectivity index (χ2v) is 7.82. The predicted molar refractivity (Wildman–Crippen MR) is 114 cm³/mol. The van der Waals surface area contributed by atoms with E-state index in [0.29, 0.717) is 6.42 Å². The van der Waals surface area contributed by atoms with E-state index in [1.54, 1.807) is 0 Å². The number of nitrogens with zero attached hydrogens (tertiary/aromatic N) is 2. The van der Waals surface area contributed by atoms with Crippen LogP contribution in [0.2, 0.25) is 0 Å². The van der Waals surface area contributed by atoms with Crippen molar-refractivity contribution in [3.05, 3.63) is 24.0 Å². The second-order valence-electron chi connectivity index (χ2n) is 6.67. The van der Waals surface area contributed by atoms with Gasteiger partial charge in [-0.25, -0.2) is 4.98 Å². The number of aryl methyl sites for hydroxylation is 2. The van der Waals surface area contributed by atoms with Gasteiger partial charge in [-0.05, 0) is 31.0 Å². The Morgan fingerprint density at radius 1 is 1.31 bits per heavy atom. The van der Waals surface area contributed by atoms with E-state index >= 15 is 0 Å². The van der Waals surface area contributed by atoms with Crippen molar-refractivity contribution in [2.24, 2.45) is 0 Å². The highest BCUT2D eigenvalue weighted by atomic mass is 35.5. The maximum absolute atomic E-state index is 12.3. The molecule has 0 spiro atoms. The number of aromatic nitrogens is 2. The third-order valence-electron chi connectivity index (χ3n) is 4.82. The number of rotatable bonds is 3. The largest absolute Gasteiger partial charge is 0.328 e. The van der Waals surface area contributed by atoms with Crippen LogP contribution < -0.4 is 10.6 Å². The van der Waals surface area contributed by atoms with Crippen LogP contribution in [0.5, 0.6) is 0 Å². The first kappa shape index (κ1) is 21.4. The molecule has 3 heterocycles. The SMILES string of the molecule is Cl.Cl.O=C(CC1CSCCN1)Nc1ccc2c(c1)nc1n2CCCCC1. The molecule has 1 fully saturated rings. The first-order valence-corrected chi connectivity index (χ1v) is 10.1. The molecule has 0 bridgehead atoms. The van der Waals surface area contributed by atoms with Crippen molar-refractivity contribution in [2.75, 3.05) is 23.4 Å². The first-order valence-electron chi connectivity index (χ1n) is 8.90. The summed E-state index contributed by atoms with van der Waals surface area (Å²) in [6.45, 7) is 2.05. The molecule has 1 aromatic carbocycles. The quantitative estimate of drug-likeness (QED) is 0.801. The number of benzene rings is 1. The summed E-state index contributed by atoms with van der Waals surface area (Å²) in [6, 6.07) is 6.40. The topological polar surface area (TPSA) is 59.0 Å². The van der Waals surface area contributed by atoms with Crippen LogP contribution in [0.3, 0.4) is 0 Å². The van der Waals surface area contributed by atoms with E-state index in [2.05, 4.69) is 21.3 Å². The van der Waals surface area contributed by atoms with Crippen molar-refractivity contribution in [3.63, 3.8) is 0 Å². The van der Waals surface area contributed by atoms with Gasteiger partial charge in [0, 0.05) is 49.2 Å². The van der Waals surface area contributed by atoms with Gasteiger partial charge >= 0.3 is 0 Å². The van der Waals surface area contributed by atoms with Gasteiger partial charge in [0.25, 0.3) is 0 Å². The van der Waals surface area contributed by atoms with Gasteiger partial charge in [0.15, 0.2) is 0 Å². The Labute approximate surface area is 170 Å². The number of thioether (sulfide) groups is 1. The molecule has 2 aromatic rings. The summed E-state index contributed by atoms with van der Waals surface area (Å²) in [7, 11) is 0. The van der Waals surface area contributed by atoms with Crippen LogP contribution >= 0.6 is 36.6 Å². The molecule has 0 aliphatic carbocycles. The number of imidazole rings is 1. The zero-order valence-corrected chi connectivity index (χ0v) is 17.2. The van der Waals surface area contributed by atoms with E-state index < -0.39 is 0 Å².